The molecule has 1 atom stereocenters. The predicted molar refractivity (Wildman–Crippen MR) is 95.2 cm³/mol. The zero-order valence-corrected chi connectivity index (χ0v) is 14.8. The van der Waals surface area contributed by atoms with Gasteiger partial charge < -0.3 is 5.32 Å². The number of fused-ring (bicyclic) bond motifs is 1. The molecule has 23 heavy (non-hydrogen) atoms. The molecular formula is C17H20BrN3O2. The van der Waals surface area contributed by atoms with E-state index in [1.807, 2.05) is 26.0 Å². The predicted octanol–water partition coefficient (Wildman–Crippen LogP) is 3.37. The second-order valence-corrected chi connectivity index (χ2v) is 6.97. The van der Waals surface area contributed by atoms with Crippen LogP contribution in [-0.4, -0.2) is 9.55 Å². The highest BCUT2D eigenvalue weighted by Gasteiger charge is 2.22. The van der Waals surface area contributed by atoms with E-state index < -0.39 is 0 Å². The lowest BCUT2D eigenvalue weighted by Crippen LogP contribution is -2.38. The standard InChI is InChI=1S/C17H20BrN3O2/c1-10(2)21-16(22)14(18)15(20-17(21)23)19-13-9-5-7-11-6-3-4-8-12(11)13/h3-4,6,8,10,13,19H,5,7,9H2,1-2H3,(H,20,23)/t13-/m0/s1. The van der Waals surface area contributed by atoms with Crippen molar-refractivity contribution in [2.45, 2.75) is 45.2 Å². The van der Waals surface area contributed by atoms with Crippen LogP contribution in [0.5, 0.6) is 0 Å². The molecule has 0 amide bonds. The summed E-state index contributed by atoms with van der Waals surface area (Å²) in [7, 11) is 0. The highest BCUT2D eigenvalue weighted by Crippen LogP contribution is 2.32. The van der Waals surface area contributed by atoms with E-state index in [0.717, 1.165) is 19.3 Å². The molecule has 2 aromatic rings. The summed E-state index contributed by atoms with van der Waals surface area (Å²) in [6.07, 6.45) is 3.12. The molecule has 0 aliphatic heterocycles. The third-order valence-electron chi connectivity index (χ3n) is 4.28. The highest BCUT2D eigenvalue weighted by atomic mass is 79.9. The Labute approximate surface area is 142 Å². The fourth-order valence-corrected chi connectivity index (χ4v) is 3.58. The third-order valence-corrected chi connectivity index (χ3v) is 5.02. The second kappa shape index (κ2) is 6.35. The van der Waals surface area contributed by atoms with Gasteiger partial charge in [-0.05, 0) is 60.2 Å². The number of hydrogen-bond acceptors (Lipinski definition) is 3. The summed E-state index contributed by atoms with van der Waals surface area (Å²) in [5, 5.41) is 3.34. The van der Waals surface area contributed by atoms with Crippen LogP contribution >= 0.6 is 15.9 Å². The van der Waals surface area contributed by atoms with Crippen molar-refractivity contribution in [1.29, 1.82) is 0 Å². The first-order valence-electron chi connectivity index (χ1n) is 7.87. The summed E-state index contributed by atoms with van der Waals surface area (Å²) < 4.78 is 1.58. The van der Waals surface area contributed by atoms with Crippen molar-refractivity contribution in [3.05, 3.63) is 60.7 Å². The molecule has 1 aliphatic carbocycles. The number of nitrogens with zero attached hydrogens (tertiary/aromatic N) is 1. The van der Waals surface area contributed by atoms with E-state index in [0.29, 0.717) is 10.3 Å². The summed E-state index contributed by atoms with van der Waals surface area (Å²) in [4.78, 5) is 27.4. The first-order chi connectivity index (χ1) is 11.0. The van der Waals surface area contributed by atoms with Gasteiger partial charge in [0.15, 0.2) is 0 Å². The molecule has 0 unspecified atom stereocenters. The van der Waals surface area contributed by atoms with Gasteiger partial charge in [0.25, 0.3) is 5.56 Å². The fraction of sp³-hybridized carbons (Fsp3) is 0.412. The molecule has 5 nitrogen and oxygen atoms in total. The van der Waals surface area contributed by atoms with E-state index in [2.05, 4.69) is 38.4 Å². The molecule has 1 heterocycles. The van der Waals surface area contributed by atoms with Crippen LogP contribution in [0.4, 0.5) is 5.82 Å². The maximum atomic E-state index is 12.4. The zero-order chi connectivity index (χ0) is 16.6. The van der Waals surface area contributed by atoms with Crippen molar-refractivity contribution in [3.8, 4) is 0 Å². The Morgan fingerprint density at radius 2 is 2.04 bits per heavy atom. The topological polar surface area (TPSA) is 66.9 Å². The second-order valence-electron chi connectivity index (χ2n) is 6.18. The average Bonchev–Trinajstić information content (AvgIpc) is 2.52. The van der Waals surface area contributed by atoms with Gasteiger partial charge in [-0.1, -0.05) is 24.3 Å². The fourth-order valence-electron chi connectivity index (χ4n) is 3.17. The zero-order valence-electron chi connectivity index (χ0n) is 13.2. The molecule has 0 fully saturated rings. The lowest BCUT2D eigenvalue weighted by atomic mass is 9.88. The van der Waals surface area contributed by atoms with Crippen molar-refractivity contribution in [3.63, 3.8) is 0 Å². The molecule has 0 saturated heterocycles. The van der Waals surface area contributed by atoms with Crippen molar-refractivity contribution in [2.24, 2.45) is 0 Å². The van der Waals surface area contributed by atoms with Crippen molar-refractivity contribution >= 4 is 21.7 Å². The van der Waals surface area contributed by atoms with Gasteiger partial charge in [-0.3, -0.25) is 14.3 Å². The van der Waals surface area contributed by atoms with Gasteiger partial charge in [-0.15, -0.1) is 0 Å². The number of aryl methyl sites for hydroxylation is 1. The van der Waals surface area contributed by atoms with Crippen molar-refractivity contribution in [1.82, 2.24) is 9.55 Å². The molecule has 2 N–H and O–H groups in total. The van der Waals surface area contributed by atoms with E-state index in [-0.39, 0.29) is 23.3 Å². The minimum Gasteiger partial charge on any atom is -0.364 e. The monoisotopic (exact) mass is 377 g/mol. The summed E-state index contributed by atoms with van der Waals surface area (Å²) in [5.41, 5.74) is 1.86. The van der Waals surface area contributed by atoms with E-state index in [1.54, 1.807) is 0 Å². The molecule has 1 aliphatic rings. The number of H-pyrrole nitrogens is 1. The minimum absolute atomic E-state index is 0.0983. The van der Waals surface area contributed by atoms with Gasteiger partial charge >= 0.3 is 5.69 Å². The van der Waals surface area contributed by atoms with E-state index in [9.17, 15) is 9.59 Å². The van der Waals surface area contributed by atoms with Crippen LogP contribution in [0.3, 0.4) is 0 Å². The molecule has 0 spiro atoms. The summed E-state index contributed by atoms with van der Waals surface area (Å²) in [5.74, 6) is 0.457. The normalized spacial score (nSPS) is 17.1. The quantitative estimate of drug-likeness (QED) is 0.861. The average molecular weight is 378 g/mol. The van der Waals surface area contributed by atoms with Gasteiger partial charge in [0, 0.05) is 6.04 Å². The number of hydrogen-bond donors (Lipinski definition) is 2. The summed E-state index contributed by atoms with van der Waals surface area (Å²) in [6, 6.07) is 8.22. The Bertz CT molecular complexity index is 838. The summed E-state index contributed by atoms with van der Waals surface area (Å²) >= 11 is 3.33. The highest BCUT2D eigenvalue weighted by molar-refractivity contribution is 9.10. The van der Waals surface area contributed by atoms with Crippen LogP contribution in [0, 0.1) is 0 Å². The Hall–Kier alpha value is -1.82. The third kappa shape index (κ3) is 3.00. The van der Waals surface area contributed by atoms with Crippen LogP contribution in [0.1, 0.15) is 49.9 Å². The first-order valence-corrected chi connectivity index (χ1v) is 8.67. The molecule has 3 rings (SSSR count). The van der Waals surface area contributed by atoms with Crippen molar-refractivity contribution in [2.75, 3.05) is 5.32 Å². The molecule has 6 heteroatoms. The molecule has 0 bridgehead atoms. The molecule has 1 aromatic carbocycles. The molecule has 0 radical (unpaired) electrons. The Morgan fingerprint density at radius 1 is 1.30 bits per heavy atom. The molecular weight excluding hydrogens is 358 g/mol. The smallest absolute Gasteiger partial charge is 0.330 e. The van der Waals surface area contributed by atoms with Crippen LogP contribution in [0.15, 0.2) is 38.3 Å². The van der Waals surface area contributed by atoms with Gasteiger partial charge in [-0.2, -0.15) is 0 Å². The van der Waals surface area contributed by atoms with E-state index >= 15 is 0 Å². The number of benzene rings is 1. The van der Waals surface area contributed by atoms with Crippen LogP contribution in [0.25, 0.3) is 0 Å². The lowest BCUT2D eigenvalue weighted by Gasteiger charge is -2.27. The lowest BCUT2D eigenvalue weighted by molar-refractivity contribution is 0.541. The maximum absolute atomic E-state index is 12.4. The van der Waals surface area contributed by atoms with Gasteiger partial charge in [0.1, 0.15) is 10.3 Å². The van der Waals surface area contributed by atoms with Crippen LogP contribution in [-0.2, 0) is 6.42 Å². The number of halogens is 1. The number of rotatable bonds is 3. The number of aromatic amines is 1. The largest absolute Gasteiger partial charge is 0.364 e. The Balaban J connectivity index is 1.99. The number of anilines is 1. The summed E-state index contributed by atoms with van der Waals surface area (Å²) in [6.45, 7) is 3.63. The Morgan fingerprint density at radius 3 is 2.78 bits per heavy atom. The molecule has 122 valence electrons. The van der Waals surface area contributed by atoms with Gasteiger partial charge in [0.2, 0.25) is 0 Å². The maximum Gasteiger partial charge on any atom is 0.330 e. The van der Waals surface area contributed by atoms with E-state index in [4.69, 9.17) is 0 Å². The first kappa shape index (κ1) is 16.1. The van der Waals surface area contributed by atoms with Crippen LogP contribution in [0.2, 0.25) is 0 Å². The van der Waals surface area contributed by atoms with Crippen LogP contribution < -0.4 is 16.6 Å². The van der Waals surface area contributed by atoms with E-state index in [1.165, 1.54) is 15.7 Å². The van der Waals surface area contributed by atoms with Crippen molar-refractivity contribution < 1.29 is 0 Å². The number of aromatic nitrogens is 2. The minimum atomic E-state index is -0.389. The van der Waals surface area contributed by atoms with Gasteiger partial charge in [-0.25, -0.2) is 4.79 Å². The molecule has 1 aromatic heterocycles. The van der Waals surface area contributed by atoms with Gasteiger partial charge in [0.05, 0.1) is 6.04 Å². The SMILES string of the molecule is CC(C)n1c(=O)[nH]c(N[C@H]2CCCc3ccccc32)c(Br)c1=O. The molecule has 0 saturated carbocycles. The number of nitrogens with one attached hydrogen (secondary N) is 2. The Kier molecular flexibility index (Phi) is 4.43.